The van der Waals surface area contributed by atoms with Crippen LogP contribution in [0.1, 0.15) is 28.7 Å². The molecule has 6 heteroatoms. The molecule has 0 saturated carbocycles. The molecule has 0 saturated heterocycles. The molecule has 0 aliphatic heterocycles. The number of likely N-dealkylation sites (N-methyl/N-ethyl adjacent to an activating group) is 1. The highest BCUT2D eigenvalue weighted by Gasteiger charge is 2.18. The summed E-state index contributed by atoms with van der Waals surface area (Å²) in [5, 5.41) is 8.71. The van der Waals surface area contributed by atoms with Crippen molar-refractivity contribution in [3.63, 3.8) is 0 Å². The lowest BCUT2D eigenvalue weighted by Crippen LogP contribution is -2.36. The van der Waals surface area contributed by atoms with E-state index >= 15 is 0 Å². The Balaban J connectivity index is 2.05. The SMILES string of the molecule is C[C@@H](Cc1cnccn1)N(C)C(=O)c1ccc(C#N)nc1. The number of nitriles is 1. The van der Waals surface area contributed by atoms with Crippen LogP contribution in [0.15, 0.2) is 36.9 Å². The first kappa shape index (κ1) is 14.6. The summed E-state index contributed by atoms with van der Waals surface area (Å²) in [5.41, 5.74) is 1.59. The Morgan fingerprint density at radius 1 is 1.33 bits per heavy atom. The van der Waals surface area contributed by atoms with Gasteiger partial charge in [0.05, 0.1) is 11.3 Å². The van der Waals surface area contributed by atoms with Crippen LogP contribution < -0.4 is 0 Å². The average molecular weight is 281 g/mol. The van der Waals surface area contributed by atoms with Crippen LogP contribution >= 0.6 is 0 Å². The normalized spacial score (nSPS) is 11.5. The Morgan fingerprint density at radius 2 is 2.14 bits per heavy atom. The first-order valence-electron chi connectivity index (χ1n) is 6.50. The standard InChI is InChI=1S/C15H15N5O/c1-11(7-14-10-17-5-6-18-14)20(2)15(21)12-3-4-13(8-16)19-9-12/h3-6,9-11H,7H2,1-2H3/t11-/m0/s1. The van der Waals surface area contributed by atoms with Crippen molar-refractivity contribution < 1.29 is 4.79 Å². The van der Waals surface area contributed by atoms with Crippen LogP contribution in [-0.4, -0.2) is 38.8 Å². The Kier molecular flexibility index (Phi) is 4.57. The van der Waals surface area contributed by atoms with Crippen molar-refractivity contribution in [3.8, 4) is 6.07 Å². The molecule has 0 aromatic carbocycles. The van der Waals surface area contributed by atoms with Gasteiger partial charge in [-0.05, 0) is 19.1 Å². The summed E-state index contributed by atoms with van der Waals surface area (Å²) in [6.07, 6.45) is 6.99. The summed E-state index contributed by atoms with van der Waals surface area (Å²) in [7, 11) is 1.74. The maximum Gasteiger partial charge on any atom is 0.255 e. The number of pyridine rings is 1. The van der Waals surface area contributed by atoms with Crippen molar-refractivity contribution in [1.82, 2.24) is 19.9 Å². The molecule has 106 valence electrons. The maximum atomic E-state index is 12.3. The molecule has 0 unspecified atom stereocenters. The van der Waals surface area contributed by atoms with Gasteiger partial charge in [-0.25, -0.2) is 4.98 Å². The molecule has 2 heterocycles. The number of nitrogens with zero attached hydrogens (tertiary/aromatic N) is 5. The fourth-order valence-electron chi connectivity index (χ4n) is 1.87. The zero-order chi connectivity index (χ0) is 15.2. The molecule has 0 aliphatic carbocycles. The smallest absolute Gasteiger partial charge is 0.255 e. The number of amides is 1. The van der Waals surface area contributed by atoms with Gasteiger partial charge in [-0.1, -0.05) is 0 Å². The second-order valence-corrected chi connectivity index (χ2v) is 4.71. The van der Waals surface area contributed by atoms with Crippen molar-refractivity contribution in [2.45, 2.75) is 19.4 Å². The summed E-state index contributed by atoms with van der Waals surface area (Å²) in [6, 6.07) is 5.05. The Morgan fingerprint density at radius 3 is 2.71 bits per heavy atom. The van der Waals surface area contributed by atoms with Gasteiger partial charge in [-0.3, -0.25) is 14.8 Å². The molecule has 0 N–H and O–H groups in total. The van der Waals surface area contributed by atoms with E-state index in [9.17, 15) is 4.79 Å². The van der Waals surface area contributed by atoms with E-state index in [1.165, 1.54) is 12.3 Å². The zero-order valence-corrected chi connectivity index (χ0v) is 11.9. The highest BCUT2D eigenvalue weighted by molar-refractivity contribution is 5.94. The summed E-state index contributed by atoms with van der Waals surface area (Å²) in [4.78, 5) is 26.1. The van der Waals surface area contributed by atoms with Crippen LogP contribution in [0.4, 0.5) is 0 Å². The van der Waals surface area contributed by atoms with Crippen molar-refractivity contribution >= 4 is 5.91 Å². The first-order valence-corrected chi connectivity index (χ1v) is 6.50. The maximum absolute atomic E-state index is 12.3. The van der Waals surface area contributed by atoms with Crippen LogP contribution in [-0.2, 0) is 6.42 Å². The van der Waals surface area contributed by atoms with Gasteiger partial charge in [-0.15, -0.1) is 0 Å². The largest absolute Gasteiger partial charge is 0.339 e. The van der Waals surface area contributed by atoms with Gasteiger partial charge in [-0.2, -0.15) is 5.26 Å². The van der Waals surface area contributed by atoms with Crippen LogP contribution in [0, 0.1) is 11.3 Å². The monoisotopic (exact) mass is 281 g/mol. The van der Waals surface area contributed by atoms with E-state index in [0.29, 0.717) is 17.7 Å². The van der Waals surface area contributed by atoms with Gasteiger partial charge in [0.1, 0.15) is 11.8 Å². The molecular formula is C15H15N5O. The number of hydrogen-bond acceptors (Lipinski definition) is 5. The van der Waals surface area contributed by atoms with Gasteiger partial charge in [0.25, 0.3) is 5.91 Å². The van der Waals surface area contributed by atoms with E-state index in [0.717, 1.165) is 5.69 Å². The number of carbonyl (C=O) groups is 1. The van der Waals surface area contributed by atoms with Crippen LogP contribution in [0.3, 0.4) is 0 Å². The van der Waals surface area contributed by atoms with Crippen molar-refractivity contribution in [1.29, 1.82) is 5.26 Å². The highest BCUT2D eigenvalue weighted by Crippen LogP contribution is 2.09. The van der Waals surface area contributed by atoms with Crippen molar-refractivity contribution in [3.05, 3.63) is 53.9 Å². The summed E-state index contributed by atoms with van der Waals surface area (Å²) < 4.78 is 0. The van der Waals surface area contributed by atoms with Crippen LogP contribution in [0.5, 0.6) is 0 Å². The predicted molar refractivity (Wildman–Crippen MR) is 76.2 cm³/mol. The quantitative estimate of drug-likeness (QED) is 0.847. The molecule has 1 atom stereocenters. The molecule has 2 aromatic heterocycles. The van der Waals surface area contributed by atoms with Gasteiger partial charge < -0.3 is 4.90 Å². The fraction of sp³-hybridized carbons (Fsp3) is 0.267. The second kappa shape index (κ2) is 6.57. The van der Waals surface area contributed by atoms with E-state index in [2.05, 4.69) is 15.0 Å². The van der Waals surface area contributed by atoms with E-state index in [1.54, 1.807) is 36.6 Å². The lowest BCUT2D eigenvalue weighted by Gasteiger charge is -2.24. The Hall–Kier alpha value is -2.81. The molecule has 0 aliphatic rings. The van der Waals surface area contributed by atoms with Crippen LogP contribution in [0.25, 0.3) is 0 Å². The predicted octanol–water partition coefficient (Wildman–Crippen LogP) is 1.45. The third kappa shape index (κ3) is 3.60. The highest BCUT2D eigenvalue weighted by atomic mass is 16.2. The number of carbonyl (C=O) groups excluding carboxylic acids is 1. The molecule has 0 fully saturated rings. The van der Waals surface area contributed by atoms with Crippen molar-refractivity contribution in [2.75, 3.05) is 7.05 Å². The summed E-state index contributed by atoms with van der Waals surface area (Å²) in [6.45, 7) is 1.95. The molecular weight excluding hydrogens is 266 g/mol. The fourth-order valence-corrected chi connectivity index (χ4v) is 1.87. The number of hydrogen-bond donors (Lipinski definition) is 0. The third-order valence-electron chi connectivity index (χ3n) is 3.23. The van der Waals surface area contributed by atoms with Gasteiger partial charge in [0, 0.05) is 44.3 Å². The van der Waals surface area contributed by atoms with E-state index in [1.807, 2.05) is 13.0 Å². The number of aromatic nitrogens is 3. The minimum atomic E-state index is -0.136. The topological polar surface area (TPSA) is 82.8 Å². The average Bonchev–Trinajstić information content (AvgIpc) is 2.54. The first-order chi connectivity index (χ1) is 10.1. The Bertz CT molecular complexity index is 648. The van der Waals surface area contributed by atoms with Gasteiger partial charge in [0.2, 0.25) is 0 Å². The Labute approximate surface area is 123 Å². The number of rotatable bonds is 4. The summed E-state index contributed by atoms with van der Waals surface area (Å²) >= 11 is 0. The van der Waals surface area contributed by atoms with Crippen LogP contribution in [0.2, 0.25) is 0 Å². The van der Waals surface area contributed by atoms with E-state index in [4.69, 9.17) is 5.26 Å². The lowest BCUT2D eigenvalue weighted by atomic mass is 10.1. The molecule has 2 rings (SSSR count). The minimum absolute atomic E-state index is 0.0233. The molecule has 0 spiro atoms. The molecule has 0 bridgehead atoms. The lowest BCUT2D eigenvalue weighted by molar-refractivity contribution is 0.0742. The summed E-state index contributed by atoms with van der Waals surface area (Å²) in [5.74, 6) is -0.136. The van der Waals surface area contributed by atoms with Gasteiger partial charge in [0.15, 0.2) is 0 Å². The molecule has 2 aromatic rings. The third-order valence-corrected chi connectivity index (χ3v) is 3.23. The molecule has 6 nitrogen and oxygen atoms in total. The minimum Gasteiger partial charge on any atom is -0.339 e. The van der Waals surface area contributed by atoms with E-state index in [-0.39, 0.29) is 11.9 Å². The second-order valence-electron chi connectivity index (χ2n) is 4.71. The van der Waals surface area contributed by atoms with E-state index < -0.39 is 0 Å². The zero-order valence-electron chi connectivity index (χ0n) is 11.9. The van der Waals surface area contributed by atoms with Crippen molar-refractivity contribution in [2.24, 2.45) is 0 Å². The molecule has 21 heavy (non-hydrogen) atoms. The molecule has 0 radical (unpaired) electrons. The molecule has 1 amide bonds. The van der Waals surface area contributed by atoms with Gasteiger partial charge >= 0.3 is 0 Å².